The van der Waals surface area contributed by atoms with Gasteiger partial charge in [-0.2, -0.15) is 0 Å². The highest BCUT2D eigenvalue weighted by Crippen LogP contribution is 2.08. The Morgan fingerprint density at radius 2 is 2.09 bits per heavy atom. The summed E-state index contributed by atoms with van der Waals surface area (Å²) in [6.45, 7) is 6.58. The van der Waals surface area contributed by atoms with Gasteiger partial charge in [0.1, 0.15) is 0 Å². The highest BCUT2D eigenvalue weighted by molar-refractivity contribution is 5.17. The van der Waals surface area contributed by atoms with E-state index in [0.29, 0.717) is 0 Å². The molecular weight excluding hydrogens is 134 g/mol. The summed E-state index contributed by atoms with van der Waals surface area (Å²) in [5.41, 5.74) is 6.62. The van der Waals surface area contributed by atoms with Gasteiger partial charge in [0.15, 0.2) is 0 Å². The minimum absolute atomic E-state index is 0.739. The van der Waals surface area contributed by atoms with Crippen molar-refractivity contribution in [1.29, 1.82) is 0 Å². The van der Waals surface area contributed by atoms with Crippen molar-refractivity contribution in [2.45, 2.75) is 33.6 Å². The molecule has 0 aliphatic rings. The van der Waals surface area contributed by atoms with Gasteiger partial charge in [0.05, 0.1) is 0 Å². The fourth-order valence-electron chi connectivity index (χ4n) is 0.841. The van der Waals surface area contributed by atoms with Crippen molar-refractivity contribution in [3.05, 3.63) is 23.9 Å². The third-order valence-electron chi connectivity index (χ3n) is 1.57. The Labute approximate surface area is 70.0 Å². The van der Waals surface area contributed by atoms with Crippen molar-refractivity contribution in [2.24, 2.45) is 11.7 Å². The van der Waals surface area contributed by atoms with Gasteiger partial charge >= 0.3 is 0 Å². The van der Waals surface area contributed by atoms with Crippen molar-refractivity contribution in [2.75, 3.05) is 0 Å². The summed E-state index contributed by atoms with van der Waals surface area (Å²) in [7, 11) is 0. The average molecular weight is 153 g/mol. The summed E-state index contributed by atoms with van der Waals surface area (Å²) in [6.07, 6.45) is 8.06. The van der Waals surface area contributed by atoms with Gasteiger partial charge in [0.25, 0.3) is 0 Å². The van der Waals surface area contributed by atoms with Gasteiger partial charge in [0, 0.05) is 0 Å². The summed E-state index contributed by atoms with van der Waals surface area (Å²) in [5, 5.41) is 0. The van der Waals surface area contributed by atoms with Gasteiger partial charge in [-0.15, -0.1) is 0 Å². The maximum absolute atomic E-state index is 5.29. The SMILES string of the molecule is CCC(/C=C\N)=C/CC(C)C. The topological polar surface area (TPSA) is 26.0 Å². The minimum Gasteiger partial charge on any atom is -0.405 e. The molecule has 0 radical (unpaired) electrons. The fourth-order valence-corrected chi connectivity index (χ4v) is 0.841. The summed E-state index contributed by atoms with van der Waals surface area (Å²) >= 11 is 0. The van der Waals surface area contributed by atoms with Crippen molar-refractivity contribution in [3.8, 4) is 0 Å². The number of allylic oxidation sites excluding steroid dienone is 3. The molecule has 1 heteroatoms. The molecule has 0 aliphatic carbocycles. The lowest BCUT2D eigenvalue weighted by molar-refractivity contribution is 0.661. The molecule has 0 bridgehead atoms. The zero-order chi connectivity index (χ0) is 8.69. The lowest BCUT2D eigenvalue weighted by Crippen LogP contribution is -1.85. The predicted octanol–water partition coefficient (Wildman–Crippen LogP) is 2.84. The first kappa shape index (κ1) is 10.3. The molecule has 0 aromatic rings. The first-order valence-corrected chi connectivity index (χ1v) is 4.28. The third kappa shape index (κ3) is 5.71. The predicted molar refractivity (Wildman–Crippen MR) is 51.2 cm³/mol. The summed E-state index contributed by atoms with van der Waals surface area (Å²) < 4.78 is 0. The number of nitrogens with two attached hydrogens (primary N) is 1. The molecule has 0 rings (SSSR count). The maximum atomic E-state index is 5.29. The number of hydrogen-bond acceptors (Lipinski definition) is 1. The molecule has 0 aromatic heterocycles. The maximum Gasteiger partial charge on any atom is -0.00597 e. The van der Waals surface area contributed by atoms with Crippen LogP contribution in [0.5, 0.6) is 0 Å². The highest BCUT2D eigenvalue weighted by atomic mass is 14.5. The van der Waals surface area contributed by atoms with E-state index in [2.05, 4.69) is 26.8 Å². The van der Waals surface area contributed by atoms with Gasteiger partial charge < -0.3 is 5.73 Å². The Balaban J connectivity index is 3.90. The van der Waals surface area contributed by atoms with Gasteiger partial charge in [0.2, 0.25) is 0 Å². The van der Waals surface area contributed by atoms with Crippen LogP contribution in [0.1, 0.15) is 33.6 Å². The van der Waals surface area contributed by atoms with Crippen LogP contribution in [0, 0.1) is 5.92 Å². The second kappa shape index (κ2) is 6.02. The quantitative estimate of drug-likeness (QED) is 0.617. The smallest absolute Gasteiger partial charge is 0.00597 e. The zero-order valence-corrected chi connectivity index (χ0v) is 7.80. The van der Waals surface area contributed by atoms with Crippen molar-refractivity contribution >= 4 is 0 Å². The second-order valence-corrected chi connectivity index (χ2v) is 3.12. The van der Waals surface area contributed by atoms with Crippen LogP contribution in [-0.4, -0.2) is 0 Å². The standard InChI is InChI=1S/C10H19N/c1-4-10(7-8-11)6-5-9(2)3/h6-9H,4-5,11H2,1-3H3/b8-7-,10-6-. The normalized spacial score (nSPS) is 13.3. The van der Waals surface area contributed by atoms with E-state index in [-0.39, 0.29) is 0 Å². The largest absolute Gasteiger partial charge is 0.405 e. The first-order valence-electron chi connectivity index (χ1n) is 4.28. The van der Waals surface area contributed by atoms with E-state index in [1.165, 1.54) is 5.57 Å². The lowest BCUT2D eigenvalue weighted by atomic mass is 10.1. The Morgan fingerprint density at radius 3 is 2.45 bits per heavy atom. The highest BCUT2D eigenvalue weighted by Gasteiger charge is 1.91. The molecule has 0 unspecified atom stereocenters. The Hall–Kier alpha value is -0.720. The van der Waals surface area contributed by atoms with E-state index in [1.807, 2.05) is 6.08 Å². The van der Waals surface area contributed by atoms with E-state index >= 15 is 0 Å². The molecular formula is C10H19N. The van der Waals surface area contributed by atoms with Crippen molar-refractivity contribution in [3.63, 3.8) is 0 Å². The molecule has 0 amide bonds. The van der Waals surface area contributed by atoms with Crippen LogP contribution < -0.4 is 5.73 Å². The Bertz CT molecular complexity index is 143. The van der Waals surface area contributed by atoms with Gasteiger partial charge in [-0.25, -0.2) is 0 Å². The molecule has 64 valence electrons. The molecule has 0 fully saturated rings. The molecule has 0 aromatic carbocycles. The molecule has 1 nitrogen and oxygen atoms in total. The second-order valence-electron chi connectivity index (χ2n) is 3.12. The summed E-state index contributed by atoms with van der Waals surface area (Å²) in [6, 6.07) is 0. The van der Waals surface area contributed by atoms with Crippen LogP contribution in [0.25, 0.3) is 0 Å². The molecule has 0 spiro atoms. The number of rotatable bonds is 4. The van der Waals surface area contributed by atoms with Crippen LogP contribution in [0.3, 0.4) is 0 Å². The monoisotopic (exact) mass is 153 g/mol. The van der Waals surface area contributed by atoms with E-state index in [0.717, 1.165) is 18.8 Å². The van der Waals surface area contributed by atoms with Crippen LogP contribution in [0.4, 0.5) is 0 Å². The molecule has 11 heavy (non-hydrogen) atoms. The van der Waals surface area contributed by atoms with Gasteiger partial charge in [-0.3, -0.25) is 0 Å². The summed E-state index contributed by atoms with van der Waals surface area (Å²) in [4.78, 5) is 0. The van der Waals surface area contributed by atoms with Crippen molar-refractivity contribution in [1.82, 2.24) is 0 Å². The van der Waals surface area contributed by atoms with E-state index < -0.39 is 0 Å². The van der Waals surface area contributed by atoms with Gasteiger partial charge in [-0.1, -0.05) is 32.4 Å². The zero-order valence-electron chi connectivity index (χ0n) is 7.80. The molecule has 0 saturated carbocycles. The van der Waals surface area contributed by atoms with Gasteiger partial charge in [-0.05, 0) is 31.0 Å². The van der Waals surface area contributed by atoms with E-state index in [1.54, 1.807) is 6.20 Å². The average Bonchev–Trinajstić information content (AvgIpc) is 1.97. The fraction of sp³-hybridized carbons (Fsp3) is 0.600. The molecule has 0 atom stereocenters. The molecule has 0 saturated heterocycles. The van der Waals surface area contributed by atoms with Crippen molar-refractivity contribution < 1.29 is 0 Å². The molecule has 2 N–H and O–H groups in total. The van der Waals surface area contributed by atoms with Crippen LogP contribution in [0.15, 0.2) is 23.9 Å². The third-order valence-corrected chi connectivity index (χ3v) is 1.57. The van der Waals surface area contributed by atoms with E-state index in [4.69, 9.17) is 5.73 Å². The lowest BCUT2D eigenvalue weighted by Gasteiger charge is -2.00. The minimum atomic E-state index is 0.739. The van der Waals surface area contributed by atoms with Crippen LogP contribution in [0.2, 0.25) is 0 Å². The van der Waals surface area contributed by atoms with Crippen LogP contribution in [-0.2, 0) is 0 Å². The summed E-state index contributed by atoms with van der Waals surface area (Å²) in [5.74, 6) is 0.739. The molecule has 0 heterocycles. The Kier molecular flexibility index (Phi) is 5.63. The Morgan fingerprint density at radius 1 is 1.45 bits per heavy atom. The first-order chi connectivity index (χ1) is 5.20. The van der Waals surface area contributed by atoms with E-state index in [9.17, 15) is 0 Å². The number of hydrogen-bond donors (Lipinski definition) is 1. The molecule has 0 aliphatic heterocycles. The van der Waals surface area contributed by atoms with Crippen LogP contribution >= 0.6 is 0 Å².